The number of likely N-dealkylation sites (N-methyl/N-ethyl adjacent to an activating group) is 1. The van der Waals surface area contributed by atoms with Crippen molar-refractivity contribution in [2.24, 2.45) is 0 Å². The van der Waals surface area contributed by atoms with E-state index in [1.165, 1.54) is 19.3 Å². The molecule has 7 heteroatoms. The van der Waals surface area contributed by atoms with Crippen LogP contribution >= 0.6 is 0 Å². The van der Waals surface area contributed by atoms with Crippen LogP contribution in [-0.4, -0.2) is 60.1 Å². The van der Waals surface area contributed by atoms with E-state index in [9.17, 15) is 4.39 Å². The van der Waals surface area contributed by atoms with Gasteiger partial charge in [0.2, 0.25) is 0 Å². The van der Waals surface area contributed by atoms with E-state index in [1.807, 2.05) is 12.1 Å². The number of benzene rings is 1. The summed E-state index contributed by atoms with van der Waals surface area (Å²) in [6.07, 6.45) is 4.81. The van der Waals surface area contributed by atoms with Crippen molar-refractivity contribution in [1.82, 2.24) is 19.8 Å². The third kappa shape index (κ3) is 4.73. The molecule has 3 rings (SSSR count). The van der Waals surface area contributed by atoms with Gasteiger partial charge in [0.1, 0.15) is 5.75 Å². The van der Waals surface area contributed by atoms with E-state index >= 15 is 0 Å². The van der Waals surface area contributed by atoms with Crippen LogP contribution in [0.3, 0.4) is 0 Å². The molecule has 1 aromatic carbocycles. The maximum Gasteiger partial charge on any atom is 0.183 e. The van der Waals surface area contributed by atoms with Gasteiger partial charge in [-0.25, -0.2) is 14.4 Å². The van der Waals surface area contributed by atoms with Crippen LogP contribution in [0.2, 0.25) is 0 Å². The molecule has 1 aliphatic heterocycles. The Morgan fingerprint density at radius 1 is 1.33 bits per heavy atom. The maximum absolute atomic E-state index is 13.4. The van der Waals surface area contributed by atoms with E-state index in [2.05, 4.69) is 39.9 Å². The molecule has 1 atom stereocenters. The van der Waals surface area contributed by atoms with Gasteiger partial charge in [-0.3, -0.25) is 4.90 Å². The molecule has 2 aromatic rings. The first-order chi connectivity index (χ1) is 13.0. The number of aromatic nitrogens is 2. The largest absolute Gasteiger partial charge is 0.496 e. The summed E-state index contributed by atoms with van der Waals surface area (Å²) in [7, 11) is 5.90. The standard InChI is InChI=1S/C20H28FN5O/c1-25(2)15-6-4-5-9-26(13-15)12-14-7-8-18(27-3)16(10-14)20-23-11-17(21)19(22)24-20/h7-8,10-11,15H,4-6,9,12-13H2,1-3H3,(H2,22,23,24)/t15-/m0/s1. The monoisotopic (exact) mass is 373 g/mol. The lowest BCUT2D eigenvalue weighted by atomic mass is 10.1. The summed E-state index contributed by atoms with van der Waals surface area (Å²) in [4.78, 5) is 13.0. The fraction of sp³-hybridized carbons (Fsp3) is 0.500. The molecule has 1 aromatic heterocycles. The van der Waals surface area contributed by atoms with Gasteiger partial charge < -0.3 is 15.4 Å². The van der Waals surface area contributed by atoms with Gasteiger partial charge in [-0.05, 0) is 51.2 Å². The van der Waals surface area contributed by atoms with Crippen LogP contribution in [0.4, 0.5) is 10.2 Å². The number of halogens is 1. The van der Waals surface area contributed by atoms with Crippen molar-refractivity contribution in [3.05, 3.63) is 35.8 Å². The topological polar surface area (TPSA) is 67.5 Å². The minimum Gasteiger partial charge on any atom is -0.496 e. The zero-order valence-corrected chi connectivity index (χ0v) is 16.3. The zero-order chi connectivity index (χ0) is 19.4. The molecule has 1 saturated heterocycles. The minimum atomic E-state index is -0.617. The van der Waals surface area contributed by atoms with Gasteiger partial charge in [-0.2, -0.15) is 0 Å². The lowest BCUT2D eigenvalue weighted by Gasteiger charge is -2.28. The number of hydrogen-bond donors (Lipinski definition) is 1. The van der Waals surface area contributed by atoms with Crippen molar-refractivity contribution in [2.75, 3.05) is 40.0 Å². The Morgan fingerprint density at radius 3 is 2.85 bits per heavy atom. The number of anilines is 1. The first-order valence-corrected chi connectivity index (χ1v) is 9.32. The number of nitrogens with two attached hydrogens (primary N) is 1. The van der Waals surface area contributed by atoms with Crippen molar-refractivity contribution in [3.8, 4) is 17.1 Å². The molecule has 1 fully saturated rings. The number of likely N-dealkylation sites (tertiary alicyclic amines) is 1. The molecular weight excluding hydrogens is 345 g/mol. The number of nitrogens with zero attached hydrogens (tertiary/aromatic N) is 4. The molecule has 6 nitrogen and oxygen atoms in total. The summed E-state index contributed by atoms with van der Waals surface area (Å²) in [6, 6.07) is 6.56. The molecule has 0 spiro atoms. The highest BCUT2D eigenvalue weighted by molar-refractivity contribution is 5.66. The number of rotatable bonds is 5. The SMILES string of the molecule is COc1ccc(CN2CCCC[C@H](N(C)C)C2)cc1-c1ncc(F)c(N)n1. The lowest BCUT2D eigenvalue weighted by Crippen LogP contribution is -2.38. The smallest absolute Gasteiger partial charge is 0.183 e. The predicted molar refractivity (Wildman–Crippen MR) is 105 cm³/mol. The van der Waals surface area contributed by atoms with Crippen molar-refractivity contribution in [3.63, 3.8) is 0 Å². The third-order valence-electron chi connectivity index (χ3n) is 5.14. The highest BCUT2D eigenvalue weighted by Crippen LogP contribution is 2.30. The van der Waals surface area contributed by atoms with Crippen LogP contribution in [0.25, 0.3) is 11.4 Å². The molecule has 0 radical (unpaired) electrons. The molecule has 146 valence electrons. The predicted octanol–water partition coefficient (Wildman–Crippen LogP) is 2.79. The van der Waals surface area contributed by atoms with Crippen molar-refractivity contribution >= 4 is 5.82 Å². The molecule has 2 N–H and O–H groups in total. The van der Waals surface area contributed by atoms with Crippen molar-refractivity contribution < 1.29 is 9.13 Å². The van der Waals surface area contributed by atoms with E-state index < -0.39 is 5.82 Å². The highest BCUT2D eigenvalue weighted by Gasteiger charge is 2.20. The number of methoxy groups -OCH3 is 1. The number of hydrogen-bond acceptors (Lipinski definition) is 6. The van der Waals surface area contributed by atoms with Crippen LogP contribution in [0.5, 0.6) is 5.75 Å². The first kappa shape index (κ1) is 19.5. The molecule has 1 aliphatic rings. The van der Waals surface area contributed by atoms with Crippen LogP contribution in [0.15, 0.2) is 24.4 Å². The molecule has 0 unspecified atom stereocenters. The summed E-state index contributed by atoms with van der Waals surface area (Å²) in [5.74, 6) is 0.239. The fourth-order valence-corrected chi connectivity index (χ4v) is 3.56. The van der Waals surface area contributed by atoms with Crippen LogP contribution in [-0.2, 0) is 6.54 Å². The Balaban J connectivity index is 1.85. The van der Waals surface area contributed by atoms with E-state index in [0.717, 1.165) is 37.0 Å². The highest BCUT2D eigenvalue weighted by atomic mass is 19.1. The Morgan fingerprint density at radius 2 is 2.15 bits per heavy atom. The zero-order valence-electron chi connectivity index (χ0n) is 16.3. The van der Waals surface area contributed by atoms with Crippen LogP contribution in [0, 0.1) is 5.82 Å². The first-order valence-electron chi connectivity index (χ1n) is 9.32. The van der Waals surface area contributed by atoms with Crippen LogP contribution in [0.1, 0.15) is 24.8 Å². The Bertz CT molecular complexity index is 783. The van der Waals surface area contributed by atoms with E-state index in [1.54, 1.807) is 7.11 Å². The van der Waals surface area contributed by atoms with Gasteiger partial charge in [0.05, 0.1) is 18.9 Å². The molecule has 0 saturated carbocycles. The number of nitrogen functional groups attached to an aromatic ring is 1. The second kappa shape index (κ2) is 8.63. The molecule has 0 amide bonds. The summed E-state index contributed by atoms with van der Waals surface area (Å²) >= 11 is 0. The van der Waals surface area contributed by atoms with Crippen molar-refractivity contribution in [2.45, 2.75) is 31.8 Å². The Labute approximate surface area is 160 Å². The second-order valence-electron chi connectivity index (χ2n) is 7.31. The lowest BCUT2D eigenvalue weighted by molar-refractivity contribution is 0.191. The quantitative estimate of drug-likeness (QED) is 0.869. The van der Waals surface area contributed by atoms with E-state index in [-0.39, 0.29) is 5.82 Å². The fourth-order valence-electron chi connectivity index (χ4n) is 3.56. The normalized spacial score (nSPS) is 18.5. The van der Waals surface area contributed by atoms with Gasteiger partial charge in [-0.1, -0.05) is 12.5 Å². The summed E-state index contributed by atoms with van der Waals surface area (Å²) in [5.41, 5.74) is 7.49. The summed E-state index contributed by atoms with van der Waals surface area (Å²) < 4.78 is 18.9. The third-order valence-corrected chi connectivity index (χ3v) is 5.14. The number of ether oxygens (including phenoxy) is 1. The van der Waals surface area contributed by atoms with Crippen molar-refractivity contribution in [1.29, 1.82) is 0 Å². The molecule has 27 heavy (non-hydrogen) atoms. The molecule has 0 aliphatic carbocycles. The molecule has 0 bridgehead atoms. The average molecular weight is 373 g/mol. The van der Waals surface area contributed by atoms with Gasteiger partial charge in [-0.15, -0.1) is 0 Å². The van der Waals surface area contributed by atoms with Gasteiger partial charge >= 0.3 is 0 Å². The van der Waals surface area contributed by atoms with E-state index in [0.29, 0.717) is 17.6 Å². The van der Waals surface area contributed by atoms with Gasteiger partial charge in [0, 0.05) is 19.1 Å². The molecular formula is C20H28FN5O. The molecule has 2 heterocycles. The van der Waals surface area contributed by atoms with Crippen LogP contribution < -0.4 is 10.5 Å². The minimum absolute atomic E-state index is 0.159. The summed E-state index contributed by atoms with van der Waals surface area (Å²) in [6.45, 7) is 2.98. The second-order valence-corrected chi connectivity index (χ2v) is 7.31. The average Bonchev–Trinajstić information content (AvgIpc) is 2.90. The Kier molecular flexibility index (Phi) is 6.23. The summed E-state index contributed by atoms with van der Waals surface area (Å²) in [5, 5.41) is 0. The van der Waals surface area contributed by atoms with Gasteiger partial charge in [0.25, 0.3) is 0 Å². The van der Waals surface area contributed by atoms with Gasteiger partial charge in [0.15, 0.2) is 17.5 Å². The maximum atomic E-state index is 13.4. The Hall–Kier alpha value is -2.25. The van der Waals surface area contributed by atoms with E-state index in [4.69, 9.17) is 10.5 Å².